The van der Waals surface area contributed by atoms with Gasteiger partial charge in [0.2, 0.25) is 5.95 Å². The molecule has 1 N–H and O–H groups in total. The zero-order valence-corrected chi connectivity index (χ0v) is 18.8. The van der Waals surface area contributed by atoms with Gasteiger partial charge in [-0.3, -0.25) is 4.79 Å². The molecule has 0 radical (unpaired) electrons. The number of carbonyl (C=O) groups excluding carboxylic acids is 1. The fourth-order valence-electron chi connectivity index (χ4n) is 4.12. The maximum Gasteiger partial charge on any atom is 0.419 e. The largest absolute Gasteiger partial charge is 0.419 e. The molecule has 2 aromatic heterocycles. The van der Waals surface area contributed by atoms with Crippen LogP contribution in [0, 0.1) is 11.7 Å². The third-order valence-corrected chi connectivity index (χ3v) is 5.81. The molecular weight excluding hydrogens is 490 g/mol. The standard InChI is InChI=1S/C23H20F6N6O/c1-13-8-22(25,26)12-35(18(13)11-34-21-32-9-14(10-33-21)23(27,28)29)20(36)17-7-15(24)3-4-16(17)19-30-5-2-6-31-19/h2-7,9-10,13,18H,8,11-12H2,1H3,(H,32,33,34)/t13-,18?/m1/s1. The van der Waals surface area contributed by atoms with Crippen LogP contribution in [-0.2, 0) is 6.18 Å². The van der Waals surface area contributed by atoms with Crippen LogP contribution in [0.2, 0.25) is 0 Å². The lowest BCUT2D eigenvalue weighted by Crippen LogP contribution is -2.57. The smallest absolute Gasteiger partial charge is 0.352 e. The predicted octanol–water partition coefficient (Wildman–Crippen LogP) is 4.69. The third kappa shape index (κ3) is 5.55. The first-order chi connectivity index (χ1) is 16.9. The summed E-state index contributed by atoms with van der Waals surface area (Å²) in [6, 6.07) is 4.07. The highest BCUT2D eigenvalue weighted by Gasteiger charge is 2.46. The minimum absolute atomic E-state index is 0.116. The summed E-state index contributed by atoms with van der Waals surface area (Å²) in [6.07, 6.45) is -1.10. The zero-order valence-electron chi connectivity index (χ0n) is 18.8. The normalized spacial score (nSPS) is 19.7. The second-order valence-electron chi connectivity index (χ2n) is 8.47. The number of anilines is 1. The van der Waals surface area contributed by atoms with Gasteiger partial charge >= 0.3 is 6.18 Å². The van der Waals surface area contributed by atoms with Gasteiger partial charge in [-0.05, 0) is 30.2 Å². The molecule has 3 heterocycles. The van der Waals surface area contributed by atoms with Gasteiger partial charge in [0, 0.05) is 43.3 Å². The summed E-state index contributed by atoms with van der Waals surface area (Å²) in [4.78, 5) is 29.8. The van der Waals surface area contributed by atoms with E-state index < -0.39 is 54.3 Å². The summed E-state index contributed by atoms with van der Waals surface area (Å²) < 4.78 is 81.5. The highest BCUT2D eigenvalue weighted by atomic mass is 19.4. The monoisotopic (exact) mass is 510 g/mol. The van der Waals surface area contributed by atoms with Gasteiger partial charge in [0.25, 0.3) is 11.8 Å². The Morgan fingerprint density at radius 2 is 1.81 bits per heavy atom. The molecule has 13 heteroatoms. The van der Waals surface area contributed by atoms with Gasteiger partial charge in [-0.1, -0.05) is 6.92 Å². The molecule has 1 aromatic carbocycles. The van der Waals surface area contributed by atoms with E-state index in [-0.39, 0.29) is 29.4 Å². The molecule has 4 rings (SSSR count). The Labute approximate surface area is 201 Å². The number of likely N-dealkylation sites (tertiary alicyclic amines) is 1. The quantitative estimate of drug-likeness (QED) is 0.502. The van der Waals surface area contributed by atoms with Crippen molar-refractivity contribution in [2.24, 2.45) is 5.92 Å². The summed E-state index contributed by atoms with van der Waals surface area (Å²) in [5.41, 5.74) is -1.07. The first-order valence-corrected chi connectivity index (χ1v) is 10.8. The minimum Gasteiger partial charge on any atom is -0.352 e. The van der Waals surface area contributed by atoms with Gasteiger partial charge in [-0.2, -0.15) is 13.2 Å². The van der Waals surface area contributed by atoms with Gasteiger partial charge in [0.05, 0.1) is 23.7 Å². The van der Waals surface area contributed by atoms with Crippen molar-refractivity contribution in [1.82, 2.24) is 24.8 Å². The lowest BCUT2D eigenvalue weighted by Gasteiger charge is -2.43. The van der Waals surface area contributed by atoms with Crippen LogP contribution in [0.5, 0.6) is 0 Å². The first-order valence-electron chi connectivity index (χ1n) is 10.8. The molecular formula is C23H20F6N6O. The van der Waals surface area contributed by atoms with E-state index in [9.17, 15) is 31.1 Å². The van der Waals surface area contributed by atoms with E-state index in [0.29, 0.717) is 12.4 Å². The van der Waals surface area contributed by atoms with Crippen molar-refractivity contribution in [1.29, 1.82) is 0 Å². The number of aromatic nitrogens is 4. The van der Waals surface area contributed by atoms with E-state index in [4.69, 9.17) is 0 Å². The molecule has 190 valence electrons. The highest BCUT2D eigenvalue weighted by molar-refractivity contribution is 6.00. The molecule has 0 bridgehead atoms. The molecule has 0 saturated carbocycles. The Hall–Kier alpha value is -3.77. The fraction of sp³-hybridized carbons (Fsp3) is 0.348. The Balaban J connectivity index is 1.63. The topological polar surface area (TPSA) is 83.9 Å². The molecule has 0 spiro atoms. The number of hydrogen-bond acceptors (Lipinski definition) is 6. The van der Waals surface area contributed by atoms with Gasteiger partial charge in [-0.15, -0.1) is 0 Å². The Kier molecular flexibility index (Phi) is 6.83. The van der Waals surface area contributed by atoms with E-state index in [1.807, 2.05) is 0 Å². The number of nitrogens with one attached hydrogen (secondary N) is 1. The molecule has 7 nitrogen and oxygen atoms in total. The second kappa shape index (κ2) is 9.70. The maximum atomic E-state index is 14.5. The van der Waals surface area contributed by atoms with E-state index in [1.54, 1.807) is 6.07 Å². The Morgan fingerprint density at radius 1 is 1.14 bits per heavy atom. The van der Waals surface area contributed by atoms with Crippen molar-refractivity contribution in [3.8, 4) is 11.4 Å². The van der Waals surface area contributed by atoms with E-state index in [2.05, 4.69) is 25.3 Å². The average Bonchev–Trinajstić information content (AvgIpc) is 2.82. The third-order valence-electron chi connectivity index (χ3n) is 5.81. The van der Waals surface area contributed by atoms with E-state index >= 15 is 0 Å². The molecule has 1 aliphatic heterocycles. The number of rotatable bonds is 5. The van der Waals surface area contributed by atoms with Crippen LogP contribution in [0.15, 0.2) is 49.1 Å². The molecule has 1 aliphatic rings. The maximum absolute atomic E-state index is 14.5. The van der Waals surface area contributed by atoms with Crippen LogP contribution in [-0.4, -0.2) is 55.8 Å². The van der Waals surface area contributed by atoms with E-state index in [0.717, 1.165) is 17.0 Å². The Morgan fingerprint density at radius 3 is 2.44 bits per heavy atom. The molecule has 1 fully saturated rings. The van der Waals surface area contributed by atoms with Crippen molar-refractivity contribution >= 4 is 11.9 Å². The number of carbonyl (C=O) groups is 1. The van der Waals surface area contributed by atoms with Crippen LogP contribution in [0.1, 0.15) is 29.3 Å². The SMILES string of the molecule is C[C@@H]1CC(F)(F)CN(C(=O)c2cc(F)ccc2-c2ncccn2)C1CNc1ncc(C(F)(F)F)cn1. The summed E-state index contributed by atoms with van der Waals surface area (Å²) in [5.74, 6) is -5.57. The zero-order chi connectivity index (χ0) is 26.1. The average molecular weight is 510 g/mol. The van der Waals surface area contributed by atoms with Crippen LogP contribution in [0.4, 0.5) is 32.3 Å². The molecule has 1 unspecified atom stereocenters. The number of amides is 1. The van der Waals surface area contributed by atoms with Crippen molar-refractivity contribution in [3.63, 3.8) is 0 Å². The molecule has 1 amide bonds. The number of nitrogens with zero attached hydrogens (tertiary/aromatic N) is 5. The predicted molar refractivity (Wildman–Crippen MR) is 117 cm³/mol. The lowest BCUT2D eigenvalue weighted by atomic mass is 9.87. The molecule has 2 atom stereocenters. The van der Waals surface area contributed by atoms with Crippen LogP contribution < -0.4 is 5.32 Å². The van der Waals surface area contributed by atoms with Gasteiger partial charge < -0.3 is 10.2 Å². The first kappa shape index (κ1) is 25.3. The van der Waals surface area contributed by atoms with Gasteiger partial charge in [0.15, 0.2) is 5.82 Å². The summed E-state index contributed by atoms with van der Waals surface area (Å²) in [6.45, 7) is 0.475. The van der Waals surface area contributed by atoms with Crippen molar-refractivity contribution in [3.05, 3.63) is 66.0 Å². The van der Waals surface area contributed by atoms with Crippen LogP contribution in [0.25, 0.3) is 11.4 Å². The number of benzene rings is 1. The highest BCUT2D eigenvalue weighted by Crippen LogP contribution is 2.36. The minimum atomic E-state index is -4.61. The van der Waals surface area contributed by atoms with Gasteiger partial charge in [0.1, 0.15) is 5.82 Å². The molecule has 1 saturated heterocycles. The van der Waals surface area contributed by atoms with Crippen LogP contribution in [0.3, 0.4) is 0 Å². The van der Waals surface area contributed by atoms with Crippen LogP contribution >= 0.6 is 0 Å². The lowest BCUT2D eigenvalue weighted by molar-refractivity contribution is -0.138. The number of halogens is 6. The van der Waals surface area contributed by atoms with Crippen molar-refractivity contribution < 1.29 is 31.1 Å². The fourth-order valence-corrected chi connectivity index (χ4v) is 4.12. The molecule has 3 aromatic rings. The number of hydrogen-bond donors (Lipinski definition) is 1. The van der Waals surface area contributed by atoms with Crippen molar-refractivity contribution in [2.45, 2.75) is 31.5 Å². The van der Waals surface area contributed by atoms with Gasteiger partial charge in [-0.25, -0.2) is 33.1 Å². The summed E-state index contributed by atoms with van der Waals surface area (Å²) in [5, 5.41) is 2.72. The Bertz CT molecular complexity index is 1220. The second-order valence-corrected chi connectivity index (χ2v) is 8.47. The summed E-state index contributed by atoms with van der Waals surface area (Å²) in [7, 11) is 0. The summed E-state index contributed by atoms with van der Waals surface area (Å²) >= 11 is 0. The molecule has 36 heavy (non-hydrogen) atoms. The number of piperidine rings is 1. The van der Waals surface area contributed by atoms with E-state index in [1.165, 1.54) is 25.4 Å². The number of alkyl halides is 5. The molecule has 0 aliphatic carbocycles. The van der Waals surface area contributed by atoms with Crippen molar-refractivity contribution in [2.75, 3.05) is 18.4 Å².